The van der Waals surface area contributed by atoms with Crippen molar-refractivity contribution in [2.24, 2.45) is 0 Å². The molecule has 0 amide bonds. The van der Waals surface area contributed by atoms with Crippen LogP contribution in [0, 0.1) is 0 Å². The van der Waals surface area contributed by atoms with Crippen molar-refractivity contribution in [3.8, 4) is 0 Å². The van der Waals surface area contributed by atoms with Crippen LogP contribution in [0.4, 0.5) is 0 Å². The summed E-state index contributed by atoms with van der Waals surface area (Å²) in [4.78, 5) is 1.16. The molecule has 2 rings (SSSR count). The fraction of sp³-hybridized carbons (Fsp3) is 0.500. The molecule has 2 nitrogen and oxygen atoms in total. The first-order valence-electron chi connectivity index (χ1n) is 3.90. The van der Waals surface area contributed by atoms with Gasteiger partial charge in [-0.2, -0.15) is 0 Å². The fourth-order valence-corrected chi connectivity index (χ4v) is 2.31. The third-order valence-corrected chi connectivity index (χ3v) is 3.09. The standard InChI is InChI=1S/C8H10ClNOS/c1-5-4-10-8(11-5)6-2-3-7(9)12-6/h2-3,5,8,10H,4H2,1H3. The van der Waals surface area contributed by atoms with Crippen LogP contribution in [0.1, 0.15) is 18.0 Å². The van der Waals surface area contributed by atoms with Gasteiger partial charge in [0.1, 0.15) is 6.23 Å². The lowest BCUT2D eigenvalue weighted by molar-refractivity contribution is 0.0533. The molecule has 0 saturated carbocycles. The summed E-state index contributed by atoms with van der Waals surface area (Å²) in [6.07, 6.45) is 0.355. The molecule has 0 aliphatic carbocycles. The molecule has 4 heteroatoms. The van der Waals surface area contributed by atoms with E-state index in [-0.39, 0.29) is 6.23 Å². The Bertz CT molecular complexity index is 276. The SMILES string of the molecule is CC1CNC(c2ccc(Cl)s2)O1. The number of thiophene rings is 1. The first-order chi connectivity index (χ1) is 5.75. The van der Waals surface area contributed by atoms with Gasteiger partial charge in [-0.3, -0.25) is 5.32 Å². The Morgan fingerprint density at radius 2 is 2.50 bits per heavy atom. The van der Waals surface area contributed by atoms with Crippen LogP contribution in [-0.2, 0) is 4.74 Å². The van der Waals surface area contributed by atoms with Crippen molar-refractivity contribution in [2.75, 3.05) is 6.54 Å². The summed E-state index contributed by atoms with van der Waals surface area (Å²) in [7, 11) is 0. The van der Waals surface area contributed by atoms with E-state index in [1.165, 1.54) is 0 Å². The summed E-state index contributed by atoms with van der Waals surface area (Å²) in [5.74, 6) is 0. The monoisotopic (exact) mass is 203 g/mol. The molecule has 0 spiro atoms. The van der Waals surface area contributed by atoms with Crippen molar-refractivity contribution in [1.29, 1.82) is 0 Å². The summed E-state index contributed by atoms with van der Waals surface area (Å²) in [6, 6.07) is 3.90. The van der Waals surface area contributed by atoms with Crippen LogP contribution in [0.2, 0.25) is 4.34 Å². The fourth-order valence-electron chi connectivity index (χ4n) is 1.24. The summed E-state index contributed by atoms with van der Waals surface area (Å²) < 4.78 is 6.42. The Hall–Kier alpha value is -0.0900. The summed E-state index contributed by atoms with van der Waals surface area (Å²) in [5.41, 5.74) is 0. The highest BCUT2D eigenvalue weighted by Gasteiger charge is 2.23. The first-order valence-corrected chi connectivity index (χ1v) is 5.09. The summed E-state index contributed by atoms with van der Waals surface area (Å²) in [6.45, 7) is 2.97. The van der Waals surface area contributed by atoms with E-state index in [0.29, 0.717) is 6.10 Å². The number of rotatable bonds is 1. The van der Waals surface area contributed by atoms with Crippen molar-refractivity contribution in [1.82, 2.24) is 5.32 Å². The molecule has 1 aliphatic heterocycles. The van der Waals surface area contributed by atoms with Crippen molar-refractivity contribution < 1.29 is 4.74 Å². The molecule has 1 aromatic rings. The van der Waals surface area contributed by atoms with Gasteiger partial charge in [0.2, 0.25) is 0 Å². The second kappa shape index (κ2) is 3.34. The van der Waals surface area contributed by atoms with E-state index in [0.717, 1.165) is 15.8 Å². The lowest BCUT2D eigenvalue weighted by atomic mass is 10.4. The number of halogens is 1. The molecule has 2 heterocycles. The maximum Gasteiger partial charge on any atom is 0.144 e. The Morgan fingerprint density at radius 3 is 3.00 bits per heavy atom. The Morgan fingerprint density at radius 1 is 1.67 bits per heavy atom. The molecule has 1 fully saturated rings. The molecular weight excluding hydrogens is 194 g/mol. The van der Waals surface area contributed by atoms with Gasteiger partial charge in [0.25, 0.3) is 0 Å². The molecule has 1 N–H and O–H groups in total. The van der Waals surface area contributed by atoms with E-state index in [4.69, 9.17) is 16.3 Å². The molecule has 1 aliphatic rings. The third-order valence-electron chi connectivity index (χ3n) is 1.81. The van der Waals surface area contributed by atoms with E-state index in [9.17, 15) is 0 Å². The number of nitrogens with one attached hydrogen (secondary N) is 1. The van der Waals surface area contributed by atoms with Gasteiger partial charge in [-0.15, -0.1) is 11.3 Å². The molecular formula is C8H10ClNOS. The topological polar surface area (TPSA) is 21.3 Å². The zero-order valence-electron chi connectivity index (χ0n) is 6.71. The minimum Gasteiger partial charge on any atom is -0.354 e. The van der Waals surface area contributed by atoms with E-state index in [1.807, 2.05) is 12.1 Å². The Balaban J connectivity index is 2.11. The third kappa shape index (κ3) is 1.64. The molecule has 2 unspecified atom stereocenters. The molecule has 1 saturated heterocycles. The zero-order valence-corrected chi connectivity index (χ0v) is 8.28. The average Bonchev–Trinajstić information content (AvgIpc) is 2.58. The molecule has 2 atom stereocenters. The van der Waals surface area contributed by atoms with Crippen molar-refractivity contribution in [2.45, 2.75) is 19.3 Å². The molecule has 0 bridgehead atoms. The van der Waals surface area contributed by atoms with Crippen LogP contribution in [-0.4, -0.2) is 12.6 Å². The van der Waals surface area contributed by atoms with Crippen molar-refractivity contribution in [3.63, 3.8) is 0 Å². The van der Waals surface area contributed by atoms with Gasteiger partial charge >= 0.3 is 0 Å². The predicted molar refractivity (Wildman–Crippen MR) is 50.6 cm³/mol. The summed E-state index contributed by atoms with van der Waals surface area (Å²) >= 11 is 7.38. The molecule has 0 aromatic carbocycles. The largest absolute Gasteiger partial charge is 0.354 e. The molecule has 1 aromatic heterocycles. The van der Waals surface area contributed by atoms with Crippen LogP contribution >= 0.6 is 22.9 Å². The lowest BCUT2D eigenvalue weighted by Gasteiger charge is -2.07. The number of ether oxygens (including phenoxy) is 1. The number of hydrogen-bond donors (Lipinski definition) is 1. The van der Waals surface area contributed by atoms with Gasteiger partial charge in [-0.1, -0.05) is 11.6 Å². The molecule has 0 radical (unpaired) electrons. The predicted octanol–water partition coefficient (Wildman–Crippen LogP) is 2.41. The second-order valence-corrected chi connectivity index (χ2v) is 4.62. The minimum atomic E-state index is 0.0532. The number of hydrogen-bond acceptors (Lipinski definition) is 3. The van der Waals surface area contributed by atoms with E-state index in [2.05, 4.69) is 12.2 Å². The average molecular weight is 204 g/mol. The Kier molecular flexibility index (Phi) is 2.37. The van der Waals surface area contributed by atoms with Gasteiger partial charge < -0.3 is 4.74 Å². The highest BCUT2D eigenvalue weighted by molar-refractivity contribution is 7.16. The highest BCUT2D eigenvalue weighted by atomic mass is 35.5. The lowest BCUT2D eigenvalue weighted by Crippen LogP contribution is -2.13. The maximum atomic E-state index is 5.81. The van der Waals surface area contributed by atoms with Gasteiger partial charge in [0, 0.05) is 11.4 Å². The van der Waals surface area contributed by atoms with Crippen LogP contribution in [0.15, 0.2) is 12.1 Å². The smallest absolute Gasteiger partial charge is 0.144 e. The normalized spacial score (nSPS) is 29.5. The zero-order chi connectivity index (χ0) is 8.55. The van der Waals surface area contributed by atoms with E-state index in [1.54, 1.807) is 11.3 Å². The quantitative estimate of drug-likeness (QED) is 0.757. The molecule has 12 heavy (non-hydrogen) atoms. The summed E-state index contributed by atoms with van der Waals surface area (Å²) in [5, 5.41) is 3.27. The van der Waals surface area contributed by atoms with Gasteiger partial charge in [-0.25, -0.2) is 0 Å². The van der Waals surface area contributed by atoms with Crippen molar-refractivity contribution in [3.05, 3.63) is 21.3 Å². The van der Waals surface area contributed by atoms with Crippen LogP contribution in [0.5, 0.6) is 0 Å². The van der Waals surface area contributed by atoms with Gasteiger partial charge in [-0.05, 0) is 19.1 Å². The van der Waals surface area contributed by atoms with Gasteiger partial charge in [0.15, 0.2) is 0 Å². The molecule has 66 valence electrons. The maximum absolute atomic E-state index is 5.81. The van der Waals surface area contributed by atoms with Crippen LogP contribution < -0.4 is 5.32 Å². The van der Waals surface area contributed by atoms with Crippen molar-refractivity contribution >= 4 is 22.9 Å². The highest BCUT2D eigenvalue weighted by Crippen LogP contribution is 2.30. The minimum absolute atomic E-state index is 0.0532. The van der Waals surface area contributed by atoms with E-state index < -0.39 is 0 Å². The first kappa shape index (κ1) is 8.51. The second-order valence-electron chi connectivity index (χ2n) is 2.88. The van der Waals surface area contributed by atoms with Gasteiger partial charge in [0.05, 0.1) is 10.4 Å². The van der Waals surface area contributed by atoms with Crippen LogP contribution in [0.3, 0.4) is 0 Å². The van der Waals surface area contributed by atoms with E-state index >= 15 is 0 Å². The van der Waals surface area contributed by atoms with Crippen LogP contribution in [0.25, 0.3) is 0 Å². The Labute approximate surface area is 80.5 Å².